The Balaban J connectivity index is 1.56. The van der Waals surface area contributed by atoms with Crippen molar-refractivity contribution in [3.63, 3.8) is 0 Å². The molecule has 2 saturated heterocycles. The zero-order valence-electron chi connectivity index (χ0n) is 19.5. The smallest absolute Gasteiger partial charge is 0.243 e. The molecule has 3 rings (SSSR count). The van der Waals surface area contributed by atoms with Gasteiger partial charge in [0.1, 0.15) is 6.04 Å². The summed E-state index contributed by atoms with van der Waals surface area (Å²) in [5.41, 5.74) is 0.976. The van der Waals surface area contributed by atoms with E-state index in [4.69, 9.17) is 0 Å². The Labute approximate surface area is 206 Å². The summed E-state index contributed by atoms with van der Waals surface area (Å²) in [5, 5.41) is 5.60. The summed E-state index contributed by atoms with van der Waals surface area (Å²) >= 11 is 1.55. The Morgan fingerprint density at radius 2 is 1.79 bits per heavy atom. The second-order valence-electron chi connectivity index (χ2n) is 8.94. The van der Waals surface area contributed by atoms with Gasteiger partial charge in [-0.1, -0.05) is 17.7 Å². The number of benzene rings is 1. The van der Waals surface area contributed by atoms with Crippen molar-refractivity contribution >= 4 is 43.4 Å². The molecule has 2 aliphatic rings. The molecule has 0 aliphatic carbocycles. The average molecular weight is 532 g/mol. The predicted molar refractivity (Wildman–Crippen MR) is 133 cm³/mol. The van der Waals surface area contributed by atoms with Gasteiger partial charge in [-0.15, -0.1) is 0 Å². The molecule has 0 spiro atoms. The third-order valence-corrected chi connectivity index (χ3v) is 10.6. The number of nitrogens with zero attached hydrogens (tertiary/aromatic N) is 1. The second-order valence-corrected chi connectivity index (χ2v) is 14.1. The molecular formula is C22H33N3O6S3. The standard InChI is InChI=1S/C22H33N3O6S3/c1-16-3-5-19(6-4-16)34(30,31)25-11-7-17(8-12-25)21(26)24-20(9-13-32-2)22(27)23-18-10-14-33(28,29)15-18/h3-6,17-18,20H,7-15H2,1-2H3,(H,23,27)(H,24,26)/t18-,20-/m1/s1. The fourth-order valence-electron chi connectivity index (χ4n) is 4.22. The number of rotatable bonds is 9. The Morgan fingerprint density at radius 3 is 2.35 bits per heavy atom. The maximum absolute atomic E-state index is 12.9. The van der Waals surface area contributed by atoms with Crippen LogP contribution in [0.1, 0.15) is 31.2 Å². The van der Waals surface area contributed by atoms with Gasteiger partial charge in [0.15, 0.2) is 9.84 Å². The van der Waals surface area contributed by atoms with E-state index in [2.05, 4.69) is 10.6 Å². The van der Waals surface area contributed by atoms with Crippen LogP contribution in [0.5, 0.6) is 0 Å². The molecule has 0 unspecified atom stereocenters. The van der Waals surface area contributed by atoms with Crippen LogP contribution in [-0.4, -0.2) is 81.6 Å². The summed E-state index contributed by atoms with van der Waals surface area (Å²) in [4.78, 5) is 25.9. The van der Waals surface area contributed by atoms with Crippen molar-refractivity contribution in [2.24, 2.45) is 5.92 Å². The first-order valence-corrected chi connectivity index (χ1v) is 16.0. The van der Waals surface area contributed by atoms with Gasteiger partial charge in [-0.05, 0) is 56.7 Å². The SMILES string of the molecule is CSCC[C@@H](NC(=O)C1CCN(S(=O)(=O)c2ccc(C)cc2)CC1)C(=O)N[C@@H]1CCS(=O)(=O)C1. The van der Waals surface area contributed by atoms with Gasteiger partial charge < -0.3 is 10.6 Å². The van der Waals surface area contributed by atoms with Crippen LogP contribution in [0.2, 0.25) is 0 Å². The Bertz CT molecular complexity index is 1080. The van der Waals surface area contributed by atoms with E-state index in [0.717, 1.165) is 5.56 Å². The predicted octanol–water partition coefficient (Wildman–Crippen LogP) is 0.937. The molecule has 0 bridgehead atoms. The van der Waals surface area contributed by atoms with Gasteiger partial charge in [0.25, 0.3) is 0 Å². The third kappa shape index (κ3) is 6.96. The van der Waals surface area contributed by atoms with Gasteiger partial charge in [-0.2, -0.15) is 16.1 Å². The number of aryl methyl sites for hydroxylation is 1. The number of carbonyl (C=O) groups excluding carboxylic acids is 2. The molecule has 9 nitrogen and oxygen atoms in total. The van der Waals surface area contributed by atoms with Gasteiger partial charge in [-0.3, -0.25) is 9.59 Å². The maximum atomic E-state index is 12.9. The highest BCUT2D eigenvalue weighted by Gasteiger charge is 2.35. The fourth-order valence-corrected chi connectivity index (χ4v) is 7.84. The summed E-state index contributed by atoms with van der Waals surface area (Å²) in [6.45, 7) is 2.36. The number of sulfone groups is 1. The van der Waals surface area contributed by atoms with Gasteiger partial charge >= 0.3 is 0 Å². The second kappa shape index (κ2) is 11.4. The van der Waals surface area contributed by atoms with Crippen LogP contribution in [0.4, 0.5) is 0 Å². The lowest BCUT2D eigenvalue weighted by molar-refractivity contribution is -0.132. The number of nitrogens with one attached hydrogen (secondary N) is 2. The van der Waals surface area contributed by atoms with E-state index in [0.29, 0.717) is 31.4 Å². The lowest BCUT2D eigenvalue weighted by atomic mass is 9.96. The van der Waals surface area contributed by atoms with Crippen molar-refractivity contribution in [1.82, 2.24) is 14.9 Å². The molecule has 0 radical (unpaired) electrons. The molecule has 2 aliphatic heterocycles. The molecule has 2 atom stereocenters. The molecule has 2 fully saturated rings. The lowest BCUT2D eigenvalue weighted by Crippen LogP contribution is -2.52. The zero-order valence-corrected chi connectivity index (χ0v) is 22.0. The van der Waals surface area contributed by atoms with Crippen LogP contribution < -0.4 is 10.6 Å². The minimum atomic E-state index is -3.61. The van der Waals surface area contributed by atoms with E-state index in [1.165, 1.54) is 4.31 Å². The monoisotopic (exact) mass is 531 g/mol. The molecule has 0 aromatic heterocycles. The molecule has 2 N–H and O–H groups in total. The fraction of sp³-hybridized carbons (Fsp3) is 0.636. The number of hydrogen-bond donors (Lipinski definition) is 2. The lowest BCUT2D eigenvalue weighted by Gasteiger charge is -2.31. The highest BCUT2D eigenvalue weighted by Crippen LogP contribution is 2.24. The Morgan fingerprint density at radius 1 is 1.15 bits per heavy atom. The van der Waals surface area contributed by atoms with Gasteiger partial charge in [0.2, 0.25) is 21.8 Å². The van der Waals surface area contributed by atoms with Crippen LogP contribution in [-0.2, 0) is 29.4 Å². The Kier molecular flexibility index (Phi) is 9.04. The molecular weight excluding hydrogens is 498 g/mol. The number of thioether (sulfide) groups is 1. The number of piperidine rings is 1. The molecule has 34 heavy (non-hydrogen) atoms. The highest BCUT2D eigenvalue weighted by molar-refractivity contribution is 7.98. The number of hydrogen-bond acceptors (Lipinski definition) is 7. The quantitative estimate of drug-likeness (QED) is 0.485. The number of carbonyl (C=O) groups is 2. The summed E-state index contributed by atoms with van der Waals surface area (Å²) in [6.07, 6.45) is 3.46. The number of amides is 2. The summed E-state index contributed by atoms with van der Waals surface area (Å²) < 4.78 is 50.6. The van der Waals surface area contributed by atoms with Crippen molar-refractivity contribution in [3.05, 3.63) is 29.8 Å². The van der Waals surface area contributed by atoms with Crippen LogP contribution in [0.15, 0.2) is 29.2 Å². The molecule has 2 heterocycles. The summed E-state index contributed by atoms with van der Waals surface area (Å²) in [6, 6.07) is 5.52. The largest absolute Gasteiger partial charge is 0.351 e. The molecule has 190 valence electrons. The molecule has 12 heteroatoms. The minimum absolute atomic E-state index is 0.0594. The van der Waals surface area contributed by atoms with E-state index >= 15 is 0 Å². The van der Waals surface area contributed by atoms with E-state index in [9.17, 15) is 26.4 Å². The Hall–Kier alpha value is -1.63. The normalized spacial score (nSPS) is 22.2. The van der Waals surface area contributed by atoms with Crippen molar-refractivity contribution in [2.75, 3.05) is 36.6 Å². The van der Waals surface area contributed by atoms with Crippen LogP contribution in [0.25, 0.3) is 0 Å². The zero-order chi connectivity index (χ0) is 24.9. The van der Waals surface area contributed by atoms with Gasteiger partial charge in [-0.25, -0.2) is 16.8 Å². The van der Waals surface area contributed by atoms with E-state index < -0.39 is 31.9 Å². The van der Waals surface area contributed by atoms with Crippen molar-refractivity contribution in [3.8, 4) is 0 Å². The van der Waals surface area contributed by atoms with Crippen molar-refractivity contribution in [2.45, 2.75) is 49.6 Å². The van der Waals surface area contributed by atoms with Gasteiger partial charge in [0, 0.05) is 25.0 Å². The van der Waals surface area contributed by atoms with Crippen LogP contribution >= 0.6 is 11.8 Å². The van der Waals surface area contributed by atoms with E-state index in [1.807, 2.05) is 13.2 Å². The molecule has 0 saturated carbocycles. The minimum Gasteiger partial charge on any atom is -0.351 e. The first kappa shape index (κ1) is 27.0. The van der Waals surface area contributed by atoms with E-state index in [-0.39, 0.29) is 47.2 Å². The van der Waals surface area contributed by atoms with Gasteiger partial charge in [0.05, 0.1) is 16.4 Å². The molecule has 1 aromatic carbocycles. The van der Waals surface area contributed by atoms with Crippen LogP contribution in [0.3, 0.4) is 0 Å². The molecule has 2 amide bonds. The number of sulfonamides is 1. The molecule has 1 aromatic rings. The van der Waals surface area contributed by atoms with Crippen LogP contribution in [0, 0.1) is 12.8 Å². The van der Waals surface area contributed by atoms with Crippen molar-refractivity contribution in [1.29, 1.82) is 0 Å². The summed E-state index contributed by atoms with van der Waals surface area (Å²) in [7, 11) is -6.74. The first-order valence-electron chi connectivity index (χ1n) is 11.4. The van der Waals surface area contributed by atoms with Crippen molar-refractivity contribution < 1.29 is 26.4 Å². The third-order valence-electron chi connectivity index (χ3n) is 6.31. The highest BCUT2D eigenvalue weighted by atomic mass is 32.2. The summed E-state index contributed by atoms with van der Waals surface area (Å²) in [5.74, 6) is -0.383. The average Bonchev–Trinajstić information content (AvgIpc) is 3.14. The topological polar surface area (TPSA) is 130 Å². The first-order chi connectivity index (χ1) is 16.0. The maximum Gasteiger partial charge on any atom is 0.243 e. The van der Waals surface area contributed by atoms with E-state index in [1.54, 1.807) is 36.0 Å².